The highest BCUT2D eigenvalue weighted by molar-refractivity contribution is 5.91. The molecule has 0 unspecified atom stereocenters. The summed E-state index contributed by atoms with van der Waals surface area (Å²) < 4.78 is 10.5. The van der Waals surface area contributed by atoms with Crippen LogP contribution >= 0.6 is 0 Å². The SMILES string of the molecule is COc1ccc(OC)c(NC(=O)NCC2(c3ccccc3)CCC2)c1. The molecule has 0 heterocycles. The summed E-state index contributed by atoms with van der Waals surface area (Å²) in [6.45, 7) is 0.620. The van der Waals surface area contributed by atoms with E-state index in [1.807, 2.05) is 6.07 Å². The summed E-state index contributed by atoms with van der Waals surface area (Å²) in [5.41, 5.74) is 1.93. The summed E-state index contributed by atoms with van der Waals surface area (Å²) in [6, 6.07) is 15.5. The van der Waals surface area contributed by atoms with Crippen molar-refractivity contribution in [1.82, 2.24) is 5.32 Å². The van der Waals surface area contributed by atoms with Crippen LogP contribution in [0.25, 0.3) is 0 Å². The van der Waals surface area contributed by atoms with Crippen molar-refractivity contribution in [2.24, 2.45) is 0 Å². The van der Waals surface area contributed by atoms with Gasteiger partial charge in [-0.05, 0) is 30.5 Å². The average molecular weight is 340 g/mol. The van der Waals surface area contributed by atoms with Crippen LogP contribution in [0.15, 0.2) is 48.5 Å². The topological polar surface area (TPSA) is 59.6 Å². The Labute approximate surface area is 148 Å². The number of hydrogen-bond donors (Lipinski definition) is 2. The van der Waals surface area contributed by atoms with Crippen LogP contribution in [-0.2, 0) is 5.41 Å². The Morgan fingerprint density at radius 3 is 2.44 bits per heavy atom. The largest absolute Gasteiger partial charge is 0.497 e. The van der Waals surface area contributed by atoms with Crippen molar-refractivity contribution in [3.05, 3.63) is 54.1 Å². The van der Waals surface area contributed by atoms with Crippen LogP contribution in [0.4, 0.5) is 10.5 Å². The molecule has 2 aromatic rings. The summed E-state index contributed by atoms with van der Waals surface area (Å²) in [4.78, 5) is 12.4. The summed E-state index contributed by atoms with van der Waals surface area (Å²) in [5.74, 6) is 1.26. The minimum Gasteiger partial charge on any atom is -0.497 e. The lowest BCUT2D eigenvalue weighted by Gasteiger charge is -2.42. The monoisotopic (exact) mass is 340 g/mol. The molecule has 1 fully saturated rings. The molecule has 5 nitrogen and oxygen atoms in total. The molecule has 25 heavy (non-hydrogen) atoms. The van der Waals surface area contributed by atoms with E-state index in [1.165, 1.54) is 12.0 Å². The van der Waals surface area contributed by atoms with E-state index in [-0.39, 0.29) is 11.4 Å². The molecule has 1 aliphatic rings. The Bertz CT molecular complexity index is 727. The number of urea groups is 1. The minimum absolute atomic E-state index is 0.0526. The molecule has 1 saturated carbocycles. The Kier molecular flexibility index (Phi) is 5.12. The molecular weight excluding hydrogens is 316 g/mol. The van der Waals surface area contributed by atoms with Gasteiger partial charge >= 0.3 is 6.03 Å². The highest BCUT2D eigenvalue weighted by Crippen LogP contribution is 2.43. The standard InChI is InChI=1S/C20H24N2O3/c1-24-16-9-10-18(25-2)17(13-16)22-19(23)21-14-20(11-6-12-20)15-7-4-3-5-8-15/h3-5,7-10,13H,6,11-12,14H2,1-2H3,(H2,21,22,23). The van der Waals surface area contributed by atoms with Gasteiger partial charge in [-0.2, -0.15) is 0 Å². The van der Waals surface area contributed by atoms with Gasteiger partial charge in [-0.1, -0.05) is 36.8 Å². The molecular formula is C20H24N2O3. The molecule has 0 radical (unpaired) electrons. The third-order valence-electron chi connectivity index (χ3n) is 4.94. The highest BCUT2D eigenvalue weighted by atomic mass is 16.5. The number of methoxy groups -OCH3 is 2. The van der Waals surface area contributed by atoms with Gasteiger partial charge in [-0.25, -0.2) is 4.79 Å². The number of hydrogen-bond acceptors (Lipinski definition) is 3. The van der Waals surface area contributed by atoms with Crippen molar-refractivity contribution in [2.45, 2.75) is 24.7 Å². The molecule has 0 saturated heterocycles. The fourth-order valence-corrected chi connectivity index (χ4v) is 3.29. The molecule has 0 atom stereocenters. The fraction of sp³-hybridized carbons (Fsp3) is 0.350. The van der Waals surface area contributed by atoms with Crippen LogP contribution < -0.4 is 20.1 Å². The molecule has 2 aromatic carbocycles. The lowest BCUT2D eigenvalue weighted by molar-refractivity contribution is 0.222. The number of anilines is 1. The lowest BCUT2D eigenvalue weighted by atomic mass is 9.64. The van der Waals surface area contributed by atoms with Crippen molar-refractivity contribution < 1.29 is 14.3 Å². The molecule has 132 valence electrons. The number of ether oxygens (including phenoxy) is 2. The first kappa shape index (κ1) is 17.1. The van der Waals surface area contributed by atoms with Crippen LogP contribution in [0.1, 0.15) is 24.8 Å². The van der Waals surface area contributed by atoms with Crippen LogP contribution in [0.2, 0.25) is 0 Å². The Hall–Kier alpha value is -2.69. The molecule has 3 rings (SSSR count). The first-order valence-electron chi connectivity index (χ1n) is 8.49. The summed E-state index contributed by atoms with van der Waals surface area (Å²) in [5, 5.41) is 5.87. The highest BCUT2D eigenvalue weighted by Gasteiger charge is 2.38. The molecule has 5 heteroatoms. The summed E-state index contributed by atoms with van der Waals surface area (Å²) in [6.07, 6.45) is 3.39. The molecule has 2 amide bonds. The van der Waals surface area contributed by atoms with E-state index < -0.39 is 0 Å². The van der Waals surface area contributed by atoms with Crippen LogP contribution in [-0.4, -0.2) is 26.8 Å². The van der Waals surface area contributed by atoms with Gasteiger partial charge in [0.25, 0.3) is 0 Å². The Balaban J connectivity index is 1.65. The number of amides is 2. The average Bonchev–Trinajstić information content (AvgIpc) is 2.61. The van der Waals surface area contributed by atoms with Crippen molar-refractivity contribution >= 4 is 11.7 Å². The van der Waals surface area contributed by atoms with Crippen molar-refractivity contribution in [2.75, 3.05) is 26.1 Å². The third kappa shape index (κ3) is 3.71. The van der Waals surface area contributed by atoms with E-state index in [4.69, 9.17) is 9.47 Å². The van der Waals surface area contributed by atoms with Gasteiger partial charge in [0.2, 0.25) is 0 Å². The first-order valence-corrected chi connectivity index (χ1v) is 8.49. The summed E-state index contributed by atoms with van der Waals surface area (Å²) in [7, 11) is 3.16. The Morgan fingerprint density at radius 2 is 1.84 bits per heavy atom. The van der Waals surface area contributed by atoms with Crippen LogP contribution in [0.5, 0.6) is 11.5 Å². The maximum atomic E-state index is 12.4. The van der Waals surface area contributed by atoms with E-state index >= 15 is 0 Å². The second-order valence-corrected chi connectivity index (χ2v) is 6.37. The molecule has 1 aliphatic carbocycles. The number of benzene rings is 2. The second kappa shape index (κ2) is 7.47. The zero-order valence-electron chi connectivity index (χ0n) is 14.7. The normalized spacial score (nSPS) is 15.0. The van der Waals surface area contributed by atoms with Gasteiger partial charge in [-0.3, -0.25) is 0 Å². The number of carbonyl (C=O) groups excluding carboxylic acids is 1. The van der Waals surface area contributed by atoms with E-state index in [0.717, 1.165) is 12.8 Å². The lowest BCUT2D eigenvalue weighted by Crippen LogP contribution is -2.46. The third-order valence-corrected chi connectivity index (χ3v) is 4.94. The molecule has 0 bridgehead atoms. The van der Waals surface area contributed by atoms with Gasteiger partial charge in [0.05, 0.1) is 19.9 Å². The van der Waals surface area contributed by atoms with E-state index in [0.29, 0.717) is 23.7 Å². The van der Waals surface area contributed by atoms with Crippen molar-refractivity contribution in [1.29, 1.82) is 0 Å². The van der Waals surface area contributed by atoms with Crippen LogP contribution in [0, 0.1) is 0 Å². The predicted molar refractivity (Wildman–Crippen MR) is 98.5 cm³/mol. The van der Waals surface area contributed by atoms with E-state index in [2.05, 4.69) is 34.9 Å². The zero-order valence-corrected chi connectivity index (χ0v) is 14.7. The smallest absolute Gasteiger partial charge is 0.319 e. The first-order chi connectivity index (χ1) is 12.2. The number of carbonyl (C=O) groups is 1. The van der Waals surface area contributed by atoms with Crippen molar-refractivity contribution in [3.8, 4) is 11.5 Å². The van der Waals surface area contributed by atoms with Gasteiger partial charge in [0, 0.05) is 18.0 Å². The minimum atomic E-state index is -0.242. The van der Waals surface area contributed by atoms with E-state index in [1.54, 1.807) is 32.4 Å². The molecule has 0 aromatic heterocycles. The second-order valence-electron chi connectivity index (χ2n) is 6.37. The van der Waals surface area contributed by atoms with Gasteiger partial charge in [0.15, 0.2) is 0 Å². The van der Waals surface area contributed by atoms with Crippen molar-refractivity contribution in [3.63, 3.8) is 0 Å². The molecule has 0 spiro atoms. The zero-order chi connectivity index (χ0) is 17.7. The molecule has 0 aliphatic heterocycles. The van der Waals surface area contributed by atoms with Crippen LogP contribution in [0.3, 0.4) is 0 Å². The van der Waals surface area contributed by atoms with Gasteiger partial charge < -0.3 is 20.1 Å². The Morgan fingerprint density at radius 1 is 1.08 bits per heavy atom. The quantitative estimate of drug-likeness (QED) is 0.837. The van der Waals surface area contributed by atoms with Gasteiger partial charge in [-0.15, -0.1) is 0 Å². The number of nitrogens with one attached hydrogen (secondary N) is 2. The fourth-order valence-electron chi connectivity index (χ4n) is 3.29. The predicted octanol–water partition coefficient (Wildman–Crippen LogP) is 3.95. The molecule has 2 N–H and O–H groups in total. The summed E-state index contributed by atoms with van der Waals surface area (Å²) >= 11 is 0. The maximum absolute atomic E-state index is 12.4. The van der Waals surface area contributed by atoms with E-state index in [9.17, 15) is 4.79 Å². The number of rotatable bonds is 6. The maximum Gasteiger partial charge on any atom is 0.319 e. The van der Waals surface area contributed by atoms with Gasteiger partial charge in [0.1, 0.15) is 11.5 Å².